The molecule has 1 saturated carbocycles. The second-order valence-corrected chi connectivity index (χ2v) is 13.4. The van der Waals surface area contributed by atoms with Gasteiger partial charge in [-0.3, -0.25) is 9.78 Å². The Labute approximate surface area is 245 Å². The van der Waals surface area contributed by atoms with Crippen molar-refractivity contribution in [1.29, 1.82) is 0 Å². The minimum absolute atomic E-state index is 0.0131. The molecule has 2 aromatic heterocycles. The van der Waals surface area contributed by atoms with Gasteiger partial charge in [0.1, 0.15) is 27.5 Å². The van der Waals surface area contributed by atoms with Gasteiger partial charge in [-0.15, -0.1) is 0 Å². The average molecular weight is 595 g/mol. The Morgan fingerprint density at radius 1 is 1.21 bits per heavy atom. The van der Waals surface area contributed by atoms with Gasteiger partial charge in [-0.2, -0.15) is 0 Å². The van der Waals surface area contributed by atoms with E-state index in [0.717, 1.165) is 22.7 Å². The van der Waals surface area contributed by atoms with Crippen molar-refractivity contribution in [2.45, 2.75) is 55.7 Å². The van der Waals surface area contributed by atoms with E-state index in [4.69, 9.17) is 15.5 Å². The molecule has 42 heavy (non-hydrogen) atoms. The summed E-state index contributed by atoms with van der Waals surface area (Å²) in [6.07, 6.45) is 8.36. The quantitative estimate of drug-likeness (QED) is 0.435. The number of rotatable bonds is 6. The lowest BCUT2D eigenvalue weighted by Crippen LogP contribution is -2.65. The van der Waals surface area contributed by atoms with E-state index >= 15 is 4.39 Å². The Bertz CT molecular complexity index is 1600. The number of nitrogens with one attached hydrogen (secondary N) is 1. The van der Waals surface area contributed by atoms with E-state index in [2.05, 4.69) is 15.3 Å². The van der Waals surface area contributed by atoms with Crippen molar-refractivity contribution in [1.82, 2.24) is 14.3 Å². The number of pyridine rings is 2. The zero-order chi connectivity index (χ0) is 30.1. The lowest BCUT2D eigenvalue weighted by molar-refractivity contribution is 0.102. The van der Waals surface area contributed by atoms with Crippen molar-refractivity contribution in [3.63, 3.8) is 0 Å². The molecular formula is C30H35FN6O4S. The molecule has 1 aromatic carbocycles. The highest BCUT2D eigenvalue weighted by Gasteiger charge is 2.64. The van der Waals surface area contributed by atoms with Gasteiger partial charge in [0, 0.05) is 30.7 Å². The molecule has 3 heterocycles. The number of nitrogens with two attached hydrogens (primary N) is 1. The molecule has 1 amide bonds. The third-order valence-corrected chi connectivity index (χ3v) is 11.3. The van der Waals surface area contributed by atoms with Crippen LogP contribution in [0.5, 0.6) is 5.75 Å². The smallest absolute Gasteiger partial charge is 0.274 e. The number of anilines is 1. The highest BCUT2D eigenvalue weighted by Crippen LogP contribution is 2.54. The van der Waals surface area contributed by atoms with E-state index in [9.17, 15) is 13.2 Å². The van der Waals surface area contributed by atoms with Crippen LogP contribution in [0.1, 0.15) is 60.6 Å². The highest BCUT2D eigenvalue weighted by atomic mass is 32.2. The van der Waals surface area contributed by atoms with Crippen molar-refractivity contribution in [3.8, 4) is 5.75 Å². The first-order valence-corrected chi connectivity index (χ1v) is 15.3. The molecule has 3 atom stereocenters. The van der Waals surface area contributed by atoms with Crippen LogP contribution in [0.3, 0.4) is 0 Å². The number of amides is 1. The molecule has 3 unspecified atom stereocenters. The largest absolute Gasteiger partial charge is 0.495 e. The van der Waals surface area contributed by atoms with E-state index < -0.39 is 32.0 Å². The molecule has 1 fully saturated rings. The van der Waals surface area contributed by atoms with Crippen LogP contribution >= 0.6 is 0 Å². The zero-order valence-electron chi connectivity index (χ0n) is 23.9. The Hall–Kier alpha value is -4.06. The summed E-state index contributed by atoms with van der Waals surface area (Å²) in [5.74, 6) is -0.881. The maximum Gasteiger partial charge on any atom is 0.274 e. The van der Waals surface area contributed by atoms with E-state index in [0.29, 0.717) is 18.6 Å². The fourth-order valence-corrected chi connectivity index (χ4v) is 8.68. The lowest BCUT2D eigenvalue weighted by Gasteiger charge is -2.51. The Balaban J connectivity index is 1.58. The summed E-state index contributed by atoms with van der Waals surface area (Å²) in [5, 5.41) is 2.75. The van der Waals surface area contributed by atoms with Crippen molar-refractivity contribution < 1.29 is 22.3 Å². The standard InChI is InChI=1S/C30H35FN6O4S/c1-29(24-16-22(9-11-25(24)31)35-27(38)26-12-10-23(41-3)19-34-26)30(42(39,40)37(2)28(32)36-29)13-5-4-7-20(17-30)15-21-8-6-14-33-18-21/h6,8-12,14,16,18-20H,4-5,7,13,15,17H2,1-3H3,(H2,32,36)(H,35,38). The topological polar surface area (TPSA) is 140 Å². The second kappa shape index (κ2) is 11.3. The van der Waals surface area contributed by atoms with Crippen LogP contribution in [-0.2, 0) is 22.0 Å². The zero-order valence-corrected chi connectivity index (χ0v) is 24.7. The van der Waals surface area contributed by atoms with Crippen molar-refractivity contribution in [2.24, 2.45) is 16.6 Å². The van der Waals surface area contributed by atoms with Crippen molar-refractivity contribution in [2.75, 3.05) is 19.5 Å². The Kier molecular flexibility index (Phi) is 7.93. The van der Waals surface area contributed by atoms with Crippen LogP contribution in [0.15, 0.2) is 66.0 Å². The summed E-state index contributed by atoms with van der Waals surface area (Å²) in [7, 11) is -1.20. The van der Waals surface area contributed by atoms with Gasteiger partial charge in [0.2, 0.25) is 16.0 Å². The molecule has 10 nitrogen and oxygen atoms in total. The van der Waals surface area contributed by atoms with Gasteiger partial charge in [0.25, 0.3) is 5.91 Å². The van der Waals surface area contributed by atoms with E-state index in [-0.39, 0.29) is 41.7 Å². The minimum atomic E-state index is -4.09. The number of nitrogens with zero attached hydrogens (tertiary/aromatic N) is 4. The van der Waals surface area contributed by atoms with Crippen LogP contribution in [0.2, 0.25) is 0 Å². The highest BCUT2D eigenvalue weighted by molar-refractivity contribution is 7.91. The molecule has 3 N–H and O–H groups in total. The molecular weight excluding hydrogens is 559 g/mol. The summed E-state index contributed by atoms with van der Waals surface area (Å²) >= 11 is 0. The number of guanidine groups is 1. The molecule has 1 aliphatic carbocycles. The third kappa shape index (κ3) is 5.08. The summed E-state index contributed by atoms with van der Waals surface area (Å²) < 4.78 is 49.3. The molecule has 2 aliphatic rings. The van der Waals surface area contributed by atoms with Crippen LogP contribution < -0.4 is 15.8 Å². The third-order valence-electron chi connectivity index (χ3n) is 8.66. The van der Waals surface area contributed by atoms with Crippen molar-refractivity contribution in [3.05, 3.63) is 83.7 Å². The number of aromatic nitrogens is 2. The number of ether oxygens (including phenoxy) is 1. The summed E-state index contributed by atoms with van der Waals surface area (Å²) in [6.45, 7) is 1.64. The Morgan fingerprint density at radius 2 is 2.02 bits per heavy atom. The maximum absolute atomic E-state index is 15.8. The maximum atomic E-state index is 15.8. The molecule has 1 aliphatic heterocycles. The summed E-state index contributed by atoms with van der Waals surface area (Å²) in [4.78, 5) is 26.0. The summed E-state index contributed by atoms with van der Waals surface area (Å²) in [6, 6.07) is 11.0. The number of hydrogen-bond donors (Lipinski definition) is 2. The number of hydrogen-bond acceptors (Lipinski definition) is 8. The molecule has 0 radical (unpaired) electrons. The number of carbonyl (C=O) groups excluding carboxylic acids is 1. The molecule has 3 aromatic rings. The number of halogens is 1. The van der Waals surface area contributed by atoms with Crippen LogP contribution in [0.4, 0.5) is 10.1 Å². The van der Waals surface area contributed by atoms with E-state index in [1.54, 1.807) is 25.4 Å². The van der Waals surface area contributed by atoms with Crippen LogP contribution in [0.25, 0.3) is 0 Å². The average Bonchev–Trinajstić information content (AvgIpc) is 3.21. The van der Waals surface area contributed by atoms with Gasteiger partial charge in [-0.25, -0.2) is 27.1 Å². The normalized spacial score (nSPS) is 25.4. The summed E-state index contributed by atoms with van der Waals surface area (Å²) in [5.41, 5.74) is 6.08. The number of carbonyl (C=O) groups is 1. The fourth-order valence-electron chi connectivity index (χ4n) is 6.37. The van der Waals surface area contributed by atoms with Gasteiger partial charge in [0.15, 0.2) is 0 Å². The fraction of sp³-hybridized carbons (Fsp3) is 0.400. The van der Waals surface area contributed by atoms with Crippen LogP contribution in [-0.4, -0.2) is 53.5 Å². The molecule has 0 bridgehead atoms. The van der Waals surface area contributed by atoms with Gasteiger partial charge >= 0.3 is 0 Å². The molecule has 0 saturated heterocycles. The minimum Gasteiger partial charge on any atom is -0.495 e. The van der Waals surface area contributed by atoms with E-state index in [1.165, 1.54) is 44.6 Å². The number of methoxy groups -OCH3 is 1. The first kappa shape index (κ1) is 29.4. The van der Waals surface area contributed by atoms with E-state index in [1.807, 2.05) is 12.1 Å². The first-order chi connectivity index (χ1) is 20.0. The van der Waals surface area contributed by atoms with Crippen LogP contribution in [0, 0.1) is 11.7 Å². The lowest BCUT2D eigenvalue weighted by atomic mass is 9.72. The second-order valence-electron chi connectivity index (χ2n) is 11.1. The van der Waals surface area contributed by atoms with Gasteiger partial charge in [-0.1, -0.05) is 25.3 Å². The predicted octanol–water partition coefficient (Wildman–Crippen LogP) is 4.24. The molecule has 12 heteroatoms. The molecule has 222 valence electrons. The molecule has 5 rings (SSSR count). The van der Waals surface area contributed by atoms with Gasteiger partial charge < -0.3 is 15.8 Å². The Morgan fingerprint density at radius 3 is 2.71 bits per heavy atom. The predicted molar refractivity (Wildman–Crippen MR) is 158 cm³/mol. The molecule has 1 spiro atoms. The number of aliphatic imine (C=N–C) groups is 1. The van der Waals surface area contributed by atoms with Gasteiger partial charge in [0.05, 0.1) is 13.3 Å². The van der Waals surface area contributed by atoms with Gasteiger partial charge in [-0.05, 0) is 74.1 Å². The van der Waals surface area contributed by atoms with Crippen molar-refractivity contribution >= 4 is 27.6 Å². The number of benzene rings is 1. The number of sulfonamides is 1. The SMILES string of the molecule is COc1ccc(C(=O)Nc2ccc(F)c(C3(C)N=C(N)N(C)S(=O)(=O)C34CCCCC(Cc3cccnc3)C4)c2)nc1. The first-order valence-electron chi connectivity index (χ1n) is 13.8. The monoisotopic (exact) mass is 594 g/mol.